The first kappa shape index (κ1) is 14.2. The summed E-state index contributed by atoms with van der Waals surface area (Å²) in [7, 11) is 3.58. The summed E-state index contributed by atoms with van der Waals surface area (Å²) in [5.74, 6) is 0.0406. The van der Waals surface area contributed by atoms with Gasteiger partial charge in [0.05, 0.1) is 11.3 Å². The number of piperazine rings is 1. The van der Waals surface area contributed by atoms with Crippen LogP contribution in [0.1, 0.15) is 23.2 Å². The topological polar surface area (TPSA) is 52.8 Å². The molecule has 5 nitrogen and oxygen atoms in total. The number of anilines is 2. The fourth-order valence-corrected chi connectivity index (χ4v) is 3.44. The number of hydrogen-bond donors (Lipinski definition) is 1. The third-order valence-electron chi connectivity index (χ3n) is 4.59. The van der Waals surface area contributed by atoms with Gasteiger partial charge < -0.3 is 15.5 Å². The van der Waals surface area contributed by atoms with Crippen LogP contribution in [0.15, 0.2) is 18.2 Å². The van der Waals surface area contributed by atoms with E-state index in [1.165, 1.54) is 19.4 Å². The van der Waals surface area contributed by atoms with E-state index in [-0.39, 0.29) is 5.91 Å². The van der Waals surface area contributed by atoms with E-state index in [1.807, 2.05) is 18.2 Å². The molecule has 0 aromatic heterocycles. The zero-order valence-corrected chi connectivity index (χ0v) is 12.9. The normalized spacial score (nSPS) is 22.2. The average Bonchev–Trinajstić information content (AvgIpc) is 2.93. The number of fused-ring (bicyclic) bond motifs is 1. The van der Waals surface area contributed by atoms with E-state index >= 15 is 0 Å². The lowest BCUT2D eigenvalue weighted by Gasteiger charge is -2.39. The standard InChI is InChI=1S/C16H24N4O/c1-18(2)16(21)14-6-5-12(17)10-15(14)20-9-8-19-7-3-4-13(19)11-20/h5-6,10,13H,3-4,7-9,11,17H2,1-2H3. The zero-order valence-electron chi connectivity index (χ0n) is 12.9. The van der Waals surface area contributed by atoms with E-state index in [0.717, 1.165) is 30.9 Å². The smallest absolute Gasteiger partial charge is 0.255 e. The molecule has 2 saturated heterocycles. The fourth-order valence-electron chi connectivity index (χ4n) is 3.44. The monoisotopic (exact) mass is 288 g/mol. The van der Waals surface area contributed by atoms with E-state index in [9.17, 15) is 4.79 Å². The van der Waals surface area contributed by atoms with Crippen LogP contribution in [0.4, 0.5) is 11.4 Å². The molecule has 2 fully saturated rings. The first-order valence-corrected chi connectivity index (χ1v) is 7.66. The Morgan fingerprint density at radius 1 is 1.29 bits per heavy atom. The molecule has 114 valence electrons. The van der Waals surface area contributed by atoms with Crippen LogP contribution in [0, 0.1) is 0 Å². The molecule has 1 amide bonds. The third kappa shape index (κ3) is 2.70. The molecule has 2 N–H and O–H groups in total. The van der Waals surface area contributed by atoms with E-state index in [2.05, 4.69) is 9.80 Å². The molecule has 2 aliphatic rings. The molecule has 0 saturated carbocycles. The van der Waals surface area contributed by atoms with Crippen LogP contribution in [-0.2, 0) is 0 Å². The summed E-state index contributed by atoms with van der Waals surface area (Å²) in [5, 5.41) is 0. The maximum absolute atomic E-state index is 12.4. The van der Waals surface area contributed by atoms with Gasteiger partial charge in [-0.1, -0.05) is 0 Å². The molecule has 2 aliphatic heterocycles. The molecule has 1 aromatic rings. The summed E-state index contributed by atoms with van der Waals surface area (Å²) >= 11 is 0. The Morgan fingerprint density at radius 3 is 2.86 bits per heavy atom. The van der Waals surface area contributed by atoms with Crippen molar-refractivity contribution in [2.75, 3.05) is 50.9 Å². The van der Waals surface area contributed by atoms with Gasteiger partial charge >= 0.3 is 0 Å². The number of amides is 1. The lowest BCUT2D eigenvalue weighted by molar-refractivity contribution is 0.0828. The quantitative estimate of drug-likeness (QED) is 0.832. The maximum Gasteiger partial charge on any atom is 0.255 e. The van der Waals surface area contributed by atoms with Gasteiger partial charge in [0.25, 0.3) is 5.91 Å². The Balaban J connectivity index is 1.90. The van der Waals surface area contributed by atoms with Crippen molar-refractivity contribution in [2.24, 2.45) is 0 Å². The Labute approximate surface area is 126 Å². The fraction of sp³-hybridized carbons (Fsp3) is 0.562. The summed E-state index contributed by atoms with van der Waals surface area (Å²) in [5.41, 5.74) is 8.41. The van der Waals surface area contributed by atoms with E-state index in [1.54, 1.807) is 19.0 Å². The molecule has 3 rings (SSSR count). The van der Waals surface area contributed by atoms with Gasteiger partial charge in [-0.25, -0.2) is 0 Å². The summed E-state index contributed by atoms with van der Waals surface area (Å²) in [6.07, 6.45) is 2.55. The zero-order chi connectivity index (χ0) is 15.0. The van der Waals surface area contributed by atoms with E-state index in [0.29, 0.717) is 11.7 Å². The molecular formula is C16H24N4O. The summed E-state index contributed by atoms with van der Waals surface area (Å²) in [6.45, 7) is 4.26. The predicted molar refractivity (Wildman–Crippen MR) is 85.7 cm³/mol. The molecule has 1 atom stereocenters. The van der Waals surface area contributed by atoms with Gasteiger partial charge in [0.2, 0.25) is 0 Å². The average molecular weight is 288 g/mol. The molecule has 0 bridgehead atoms. The van der Waals surface area contributed by atoms with Crippen molar-refractivity contribution in [2.45, 2.75) is 18.9 Å². The minimum absolute atomic E-state index is 0.0406. The van der Waals surface area contributed by atoms with Crippen molar-refractivity contribution in [3.05, 3.63) is 23.8 Å². The first-order valence-electron chi connectivity index (χ1n) is 7.66. The largest absolute Gasteiger partial charge is 0.399 e. The maximum atomic E-state index is 12.4. The van der Waals surface area contributed by atoms with Crippen molar-refractivity contribution < 1.29 is 4.79 Å². The van der Waals surface area contributed by atoms with Gasteiger partial charge in [0, 0.05) is 45.5 Å². The number of carbonyl (C=O) groups excluding carboxylic acids is 1. The summed E-state index contributed by atoms with van der Waals surface area (Å²) in [6, 6.07) is 6.24. The summed E-state index contributed by atoms with van der Waals surface area (Å²) < 4.78 is 0. The Hall–Kier alpha value is -1.75. The van der Waals surface area contributed by atoms with Crippen LogP contribution >= 0.6 is 0 Å². The highest BCUT2D eigenvalue weighted by atomic mass is 16.2. The minimum atomic E-state index is 0.0406. The number of carbonyl (C=O) groups is 1. The van der Waals surface area contributed by atoms with Gasteiger partial charge in [-0.3, -0.25) is 9.69 Å². The lowest BCUT2D eigenvalue weighted by Crippen LogP contribution is -2.50. The highest BCUT2D eigenvalue weighted by molar-refractivity contribution is 6.00. The molecule has 0 aliphatic carbocycles. The highest BCUT2D eigenvalue weighted by Crippen LogP contribution is 2.29. The second kappa shape index (κ2) is 5.56. The predicted octanol–water partition coefficient (Wildman–Crippen LogP) is 1.25. The van der Waals surface area contributed by atoms with E-state index in [4.69, 9.17) is 5.73 Å². The third-order valence-corrected chi connectivity index (χ3v) is 4.59. The minimum Gasteiger partial charge on any atom is -0.399 e. The first-order chi connectivity index (χ1) is 10.1. The molecule has 2 heterocycles. The Kier molecular flexibility index (Phi) is 3.76. The van der Waals surface area contributed by atoms with Crippen molar-refractivity contribution in [1.82, 2.24) is 9.80 Å². The van der Waals surface area contributed by atoms with Crippen LogP contribution in [0.5, 0.6) is 0 Å². The number of benzene rings is 1. The molecule has 1 unspecified atom stereocenters. The van der Waals surface area contributed by atoms with Crippen LogP contribution < -0.4 is 10.6 Å². The second-order valence-electron chi connectivity index (χ2n) is 6.25. The number of nitrogens with two attached hydrogens (primary N) is 1. The molecule has 1 aromatic carbocycles. The van der Waals surface area contributed by atoms with Crippen molar-refractivity contribution in [1.29, 1.82) is 0 Å². The SMILES string of the molecule is CN(C)C(=O)c1ccc(N)cc1N1CCN2CCCC2C1. The lowest BCUT2D eigenvalue weighted by atomic mass is 10.1. The Bertz CT molecular complexity index is 543. The highest BCUT2D eigenvalue weighted by Gasteiger charge is 2.32. The van der Waals surface area contributed by atoms with Gasteiger partial charge in [-0.2, -0.15) is 0 Å². The Morgan fingerprint density at radius 2 is 2.10 bits per heavy atom. The van der Waals surface area contributed by atoms with Gasteiger partial charge in [-0.15, -0.1) is 0 Å². The molecule has 0 radical (unpaired) electrons. The number of hydrogen-bond acceptors (Lipinski definition) is 4. The molecule has 5 heteroatoms. The van der Waals surface area contributed by atoms with Gasteiger partial charge in [0.1, 0.15) is 0 Å². The number of rotatable bonds is 2. The van der Waals surface area contributed by atoms with Crippen molar-refractivity contribution in [3.8, 4) is 0 Å². The summed E-state index contributed by atoms with van der Waals surface area (Å²) in [4.78, 5) is 18.9. The number of nitrogens with zero attached hydrogens (tertiary/aromatic N) is 3. The molecule has 0 spiro atoms. The second-order valence-corrected chi connectivity index (χ2v) is 6.25. The van der Waals surface area contributed by atoms with Crippen molar-refractivity contribution >= 4 is 17.3 Å². The van der Waals surface area contributed by atoms with Gasteiger partial charge in [0.15, 0.2) is 0 Å². The van der Waals surface area contributed by atoms with Gasteiger partial charge in [-0.05, 0) is 37.6 Å². The van der Waals surface area contributed by atoms with Crippen LogP contribution in [0.3, 0.4) is 0 Å². The van der Waals surface area contributed by atoms with Crippen LogP contribution in [0.25, 0.3) is 0 Å². The van der Waals surface area contributed by atoms with E-state index < -0.39 is 0 Å². The molecule has 21 heavy (non-hydrogen) atoms. The van der Waals surface area contributed by atoms with Crippen molar-refractivity contribution in [3.63, 3.8) is 0 Å². The number of nitrogen functional groups attached to an aromatic ring is 1. The van der Waals surface area contributed by atoms with Crippen LogP contribution in [0.2, 0.25) is 0 Å². The van der Waals surface area contributed by atoms with Crippen LogP contribution in [-0.4, -0.2) is 62.0 Å². The molecular weight excluding hydrogens is 264 g/mol.